The molecule has 1 heterocycles. The van der Waals surface area contributed by atoms with Crippen LogP contribution in [-0.4, -0.2) is 20.7 Å². The summed E-state index contributed by atoms with van der Waals surface area (Å²) in [6.07, 6.45) is 3.65. The van der Waals surface area contributed by atoms with Gasteiger partial charge in [0, 0.05) is 18.9 Å². The van der Waals surface area contributed by atoms with Gasteiger partial charge in [0.25, 0.3) is 0 Å². The van der Waals surface area contributed by atoms with Crippen molar-refractivity contribution in [1.82, 2.24) is 14.9 Å². The Morgan fingerprint density at radius 1 is 1.22 bits per heavy atom. The highest BCUT2D eigenvalue weighted by Crippen LogP contribution is 2.26. The molecule has 0 aliphatic rings. The van der Waals surface area contributed by atoms with E-state index < -0.39 is 0 Å². The van der Waals surface area contributed by atoms with E-state index in [4.69, 9.17) is 0 Å². The highest BCUT2D eigenvalue weighted by Gasteiger charge is 2.18. The molecule has 140 valence electrons. The second-order valence-electron chi connectivity index (χ2n) is 6.47. The fourth-order valence-corrected chi connectivity index (χ4v) is 3.59. The summed E-state index contributed by atoms with van der Waals surface area (Å²) in [5.74, 6) is -0.368. The predicted molar refractivity (Wildman–Crippen MR) is 107 cm³/mol. The van der Waals surface area contributed by atoms with E-state index in [-0.39, 0.29) is 17.0 Å². The first-order valence-corrected chi connectivity index (χ1v) is 9.62. The Kier molecular flexibility index (Phi) is 5.96. The molecule has 0 saturated carbocycles. The molecule has 27 heavy (non-hydrogen) atoms. The van der Waals surface area contributed by atoms with Gasteiger partial charge in [-0.15, -0.1) is 0 Å². The molecule has 1 amide bonds. The van der Waals surface area contributed by atoms with Crippen LogP contribution in [0, 0.1) is 19.7 Å². The van der Waals surface area contributed by atoms with E-state index in [9.17, 15) is 9.18 Å². The molecule has 2 aromatic carbocycles. The number of rotatable bonds is 6. The Labute approximate surface area is 162 Å². The van der Waals surface area contributed by atoms with E-state index in [1.807, 2.05) is 17.7 Å². The van der Waals surface area contributed by atoms with Crippen LogP contribution in [0.3, 0.4) is 0 Å². The Morgan fingerprint density at radius 2 is 1.96 bits per heavy atom. The molecule has 4 nitrogen and oxygen atoms in total. The maximum atomic E-state index is 13.0. The van der Waals surface area contributed by atoms with Crippen LogP contribution >= 0.6 is 11.8 Å². The van der Waals surface area contributed by atoms with Crippen LogP contribution in [0.5, 0.6) is 0 Å². The molecular formula is C21H22FN3OS. The van der Waals surface area contributed by atoms with Gasteiger partial charge < -0.3 is 5.32 Å². The van der Waals surface area contributed by atoms with Crippen molar-refractivity contribution in [3.63, 3.8) is 0 Å². The molecule has 0 saturated heterocycles. The van der Waals surface area contributed by atoms with E-state index in [1.54, 1.807) is 18.3 Å². The molecule has 0 aliphatic carbocycles. The Bertz CT molecular complexity index is 937. The molecule has 0 radical (unpaired) electrons. The number of nitrogens with one attached hydrogen (secondary N) is 1. The zero-order valence-electron chi connectivity index (χ0n) is 15.6. The molecule has 3 rings (SSSR count). The number of carbonyl (C=O) groups is 1. The van der Waals surface area contributed by atoms with E-state index in [0.29, 0.717) is 6.54 Å². The van der Waals surface area contributed by atoms with Gasteiger partial charge in [-0.25, -0.2) is 9.37 Å². The van der Waals surface area contributed by atoms with Crippen molar-refractivity contribution in [2.24, 2.45) is 0 Å². The lowest BCUT2D eigenvalue weighted by molar-refractivity contribution is -0.120. The largest absolute Gasteiger partial charge is 0.351 e. The third-order valence-electron chi connectivity index (χ3n) is 4.26. The van der Waals surface area contributed by atoms with E-state index >= 15 is 0 Å². The minimum atomic E-state index is -0.309. The van der Waals surface area contributed by atoms with E-state index in [2.05, 4.69) is 42.3 Å². The smallest absolute Gasteiger partial charge is 0.233 e. The van der Waals surface area contributed by atoms with Gasteiger partial charge >= 0.3 is 0 Å². The van der Waals surface area contributed by atoms with Gasteiger partial charge in [0.1, 0.15) is 5.82 Å². The summed E-state index contributed by atoms with van der Waals surface area (Å²) in [7, 11) is 0. The highest BCUT2D eigenvalue weighted by atomic mass is 32.2. The fraction of sp³-hybridized carbons (Fsp3) is 0.238. The summed E-state index contributed by atoms with van der Waals surface area (Å²) in [5.41, 5.74) is 4.24. The first-order chi connectivity index (χ1) is 12.9. The van der Waals surface area contributed by atoms with Crippen LogP contribution in [0.2, 0.25) is 0 Å². The van der Waals surface area contributed by atoms with Crippen LogP contribution in [0.4, 0.5) is 4.39 Å². The number of amides is 1. The van der Waals surface area contributed by atoms with Crippen molar-refractivity contribution in [2.75, 3.05) is 0 Å². The average Bonchev–Trinajstić information content (AvgIpc) is 3.10. The Balaban J connectivity index is 1.67. The molecule has 1 atom stereocenters. The van der Waals surface area contributed by atoms with Gasteiger partial charge in [-0.3, -0.25) is 9.36 Å². The summed E-state index contributed by atoms with van der Waals surface area (Å²) in [6.45, 7) is 6.34. The third kappa shape index (κ3) is 4.77. The number of nitrogens with zero attached hydrogens (tertiary/aromatic N) is 2. The zero-order valence-corrected chi connectivity index (χ0v) is 16.4. The lowest BCUT2D eigenvalue weighted by atomic mass is 10.1. The lowest BCUT2D eigenvalue weighted by Gasteiger charge is -2.15. The molecule has 0 aliphatic heterocycles. The summed E-state index contributed by atoms with van der Waals surface area (Å²) in [5, 5.41) is 3.35. The van der Waals surface area contributed by atoms with Gasteiger partial charge in [0.2, 0.25) is 5.91 Å². The third-order valence-corrected chi connectivity index (χ3v) is 5.34. The van der Waals surface area contributed by atoms with Crippen LogP contribution in [0.15, 0.2) is 60.0 Å². The van der Waals surface area contributed by atoms with Crippen molar-refractivity contribution in [3.05, 3.63) is 77.4 Å². The van der Waals surface area contributed by atoms with Crippen molar-refractivity contribution >= 4 is 17.7 Å². The number of hydrogen-bond donors (Lipinski definition) is 1. The van der Waals surface area contributed by atoms with Crippen molar-refractivity contribution in [3.8, 4) is 5.69 Å². The van der Waals surface area contributed by atoms with Crippen LogP contribution in [-0.2, 0) is 11.3 Å². The maximum absolute atomic E-state index is 13.0. The Hall–Kier alpha value is -2.60. The molecule has 3 aromatic rings. The molecule has 1 N–H and O–H groups in total. The molecule has 1 aromatic heterocycles. The quantitative estimate of drug-likeness (QED) is 0.641. The normalized spacial score (nSPS) is 12.0. The first-order valence-electron chi connectivity index (χ1n) is 8.74. The summed E-state index contributed by atoms with van der Waals surface area (Å²) in [4.78, 5) is 16.9. The monoisotopic (exact) mass is 383 g/mol. The van der Waals surface area contributed by atoms with E-state index in [1.165, 1.54) is 29.5 Å². The lowest BCUT2D eigenvalue weighted by Crippen LogP contribution is -2.30. The minimum Gasteiger partial charge on any atom is -0.351 e. The number of carbonyl (C=O) groups excluding carboxylic acids is 1. The standard InChI is InChI=1S/C21H22FN3OS/c1-14-4-5-15(2)19(12-14)25-11-10-23-21(25)27-16(3)20(26)24-13-17-6-8-18(22)9-7-17/h4-12,16H,13H2,1-3H3,(H,24,26)/t16-/m1/s1. The SMILES string of the molecule is Cc1ccc(C)c(-n2ccnc2S[C@H](C)C(=O)NCc2ccc(F)cc2)c1. The topological polar surface area (TPSA) is 46.9 Å². The summed E-state index contributed by atoms with van der Waals surface area (Å²) >= 11 is 1.41. The second kappa shape index (κ2) is 8.39. The summed E-state index contributed by atoms with van der Waals surface area (Å²) in [6, 6.07) is 12.4. The number of aryl methyl sites for hydroxylation is 2. The van der Waals surface area contributed by atoms with Gasteiger partial charge in [-0.05, 0) is 55.7 Å². The summed E-state index contributed by atoms with van der Waals surface area (Å²) < 4.78 is 15.0. The molecule has 0 unspecified atom stereocenters. The number of imidazole rings is 1. The number of aromatic nitrogens is 2. The van der Waals surface area contributed by atoms with Crippen molar-refractivity contribution in [1.29, 1.82) is 0 Å². The van der Waals surface area contributed by atoms with Crippen LogP contribution < -0.4 is 5.32 Å². The van der Waals surface area contributed by atoms with Gasteiger partial charge in [-0.1, -0.05) is 36.0 Å². The van der Waals surface area contributed by atoms with Gasteiger partial charge in [-0.2, -0.15) is 0 Å². The van der Waals surface area contributed by atoms with Gasteiger partial charge in [0.05, 0.1) is 10.9 Å². The average molecular weight is 383 g/mol. The number of benzene rings is 2. The number of hydrogen-bond acceptors (Lipinski definition) is 3. The highest BCUT2D eigenvalue weighted by molar-refractivity contribution is 8.00. The molecular weight excluding hydrogens is 361 g/mol. The van der Waals surface area contributed by atoms with Crippen molar-refractivity contribution in [2.45, 2.75) is 37.7 Å². The van der Waals surface area contributed by atoms with Gasteiger partial charge in [0.15, 0.2) is 5.16 Å². The minimum absolute atomic E-state index is 0.0835. The van der Waals surface area contributed by atoms with E-state index in [0.717, 1.165) is 22.0 Å². The molecule has 0 spiro atoms. The van der Waals surface area contributed by atoms with Crippen LogP contribution in [0.1, 0.15) is 23.6 Å². The number of thioether (sulfide) groups is 1. The molecule has 6 heteroatoms. The zero-order chi connectivity index (χ0) is 19.4. The van der Waals surface area contributed by atoms with Crippen LogP contribution in [0.25, 0.3) is 5.69 Å². The number of halogens is 1. The van der Waals surface area contributed by atoms with Crippen molar-refractivity contribution < 1.29 is 9.18 Å². The molecule has 0 fully saturated rings. The Morgan fingerprint density at radius 3 is 2.70 bits per heavy atom. The molecule has 0 bridgehead atoms. The predicted octanol–water partition coefficient (Wildman–Crippen LogP) is 4.43. The second-order valence-corrected chi connectivity index (χ2v) is 7.78. The fourth-order valence-electron chi connectivity index (χ4n) is 2.69. The maximum Gasteiger partial charge on any atom is 0.233 e. The first kappa shape index (κ1) is 19.2.